The predicted molar refractivity (Wildman–Crippen MR) is 86.7 cm³/mol. The molecule has 1 heterocycles. The fourth-order valence-corrected chi connectivity index (χ4v) is 2.72. The number of benzene rings is 1. The van der Waals surface area contributed by atoms with Gasteiger partial charge in [-0.05, 0) is 25.0 Å². The molecule has 0 saturated carbocycles. The van der Waals surface area contributed by atoms with Crippen LogP contribution in [-0.2, 0) is 14.3 Å². The molecule has 27 heavy (non-hydrogen) atoms. The third kappa shape index (κ3) is 6.97. The minimum Gasteiger partial charge on any atom is -0.481 e. The molecule has 1 aliphatic heterocycles. The van der Waals surface area contributed by atoms with Crippen LogP contribution in [0.25, 0.3) is 0 Å². The third-order valence-electron chi connectivity index (χ3n) is 3.94. The van der Waals surface area contributed by atoms with Gasteiger partial charge in [-0.1, -0.05) is 12.1 Å². The van der Waals surface area contributed by atoms with Gasteiger partial charge in [0.2, 0.25) is 0 Å². The average Bonchev–Trinajstić information content (AvgIpc) is 2.58. The summed E-state index contributed by atoms with van der Waals surface area (Å²) in [6.45, 7) is -1.33. The number of nitrogens with one attached hydrogen (secondary N) is 1. The van der Waals surface area contributed by atoms with E-state index in [-0.39, 0.29) is 17.9 Å². The van der Waals surface area contributed by atoms with Crippen molar-refractivity contribution in [3.05, 3.63) is 24.3 Å². The van der Waals surface area contributed by atoms with Crippen LogP contribution in [-0.4, -0.2) is 55.1 Å². The van der Waals surface area contributed by atoms with E-state index in [1.54, 1.807) is 0 Å². The fraction of sp³-hybridized carbons (Fsp3) is 0.529. The third-order valence-corrected chi connectivity index (χ3v) is 3.94. The van der Waals surface area contributed by atoms with Crippen LogP contribution >= 0.6 is 0 Å². The second-order valence-electron chi connectivity index (χ2n) is 6.15. The van der Waals surface area contributed by atoms with E-state index < -0.39 is 36.8 Å². The van der Waals surface area contributed by atoms with Crippen molar-refractivity contribution in [2.45, 2.75) is 31.0 Å². The van der Waals surface area contributed by atoms with E-state index in [1.165, 1.54) is 24.3 Å². The van der Waals surface area contributed by atoms with Crippen molar-refractivity contribution in [2.75, 3.05) is 26.4 Å². The molecule has 2 rings (SSSR count). The lowest BCUT2D eigenvalue weighted by Gasteiger charge is -2.36. The number of carbonyl (C=O) groups is 2. The molecule has 0 spiro atoms. The normalized spacial score (nSPS) is 16.4. The second kappa shape index (κ2) is 8.94. The summed E-state index contributed by atoms with van der Waals surface area (Å²) in [6.07, 6.45) is -4.07. The van der Waals surface area contributed by atoms with Crippen molar-refractivity contribution in [1.82, 2.24) is 5.32 Å². The quantitative estimate of drug-likeness (QED) is 0.705. The highest BCUT2D eigenvalue weighted by molar-refractivity contribution is 5.79. The van der Waals surface area contributed by atoms with Gasteiger partial charge in [0.25, 0.3) is 5.91 Å². The number of ether oxygens (including phenoxy) is 3. The second-order valence-corrected chi connectivity index (χ2v) is 6.15. The lowest BCUT2D eigenvalue weighted by atomic mass is 9.86. The summed E-state index contributed by atoms with van der Waals surface area (Å²) in [5.74, 6) is -1.79. The molecule has 0 bridgehead atoms. The first-order chi connectivity index (χ1) is 12.7. The smallest absolute Gasteiger partial charge is 0.422 e. The van der Waals surface area contributed by atoms with Crippen molar-refractivity contribution < 1.29 is 42.1 Å². The van der Waals surface area contributed by atoms with E-state index in [0.717, 1.165) is 0 Å². The van der Waals surface area contributed by atoms with E-state index >= 15 is 0 Å². The number of hydrogen-bond donors (Lipinski definition) is 2. The summed E-state index contributed by atoms with van der Waals surface area (Å²) < 4.78 is 52.1. The van der Waals surface area contributed by atoms with Crippen molar-refractivity contribution >= 4 is 11.9 Å². The highest BCUT2D eigenvalue weighted by atomic mass is 19.4. The number of alkyl halides is 3. The molecule has 0 aliphatic carbocycles. The molecule has 2 N–H and O–H groups in total. The highest BCUT2D eigenvalue weighted by Crippen LogP contribution is 2.29. The first-order valence-electron chi connectivity index (χ1n) is 8.21. The Kier molecular flexibility index (Phi) is 6.89. The number of carboxylic acids is 1. The molecule has 0 atom stereocenters. The van der Waals surface area contributed by atoms with Gasteiger partial charge in [0.05, 0.1) is 12.0 Å². The first-order valence-corrected chi connectivity index (χ1v) is 8.21. The van der Waals surface area contributed by atoms with Crippen LogP contribution in [0, 0.1) is 0 Å². The minimum atomic E-state index is -4.50. The Balaban J connectivity index is 1.95. The number of hydrogen-bond acceptors (Lipinski definition) is 5. The maximum Gasteiger partial charge on any atom is 0.422 e. The monoisotopic (exact) mass is 391 g/mol. The molecule has 1 fully saturated rings. The topological polar surface area (TPSA) is 94.1 Å². The zero-order chi connectivity index (χ0) is 19.9. The maximum absolute atomic E-state index is 12.3. The molecule has 1 saturated heterocycles. The Morgan fingerprint density at radius 1 is 1.15 bits per heavy atom. The van der Waals surface area contributed by atoms with E-state index in [0.29, 0.717) is 26.1 Å². The molecular formula is C17H20F3NO6. The van der Waals surface area contributed by atoms with Crippen LogP contribution < -0.4 is 14.8 Å². The molecule has 0 aromatic heterocycles. The Hall–Kier alpha value is -2.49. The molecule has 1 aromatic rings. The zero-order valence-corrected chi connectivity index (χ0v) is 14.4. The molecule has 0 radical (unpaired) electrons. The van der Waals surface area contributed by atoms with Gasteiger partial charge in [0.15, 0.2) is 24.7 Å². The van der Waals surface area contributed by atoms with Gasteiger partial charge in [-0.15, -0.1) is 0 Å². The van der Waals surface area contributed by atoms with Crippen LogP contribution in [0.5, 0.6) is 11.5 Å². The number of halogens is 3. The molecule has 0 unspecified atom stereocenters. The van der Waals surface area contributed by atoms with Gasteiger partial charge in [-0.25, -0.2) is 0 Å². The van der Waals surface area contributed by atoms with Crippen molar-refractivity contribution in [3.63, 3.8) is 0 Å². The first kappa shape index (κ1) is 20.8. The predicted octanol–water partition coefficient (Wildman–Crippen LogP) is 2.15. The molecule has 1 aromatic carbocycles. The number of carbonyl (C=O) groups excluding carboxylic acids is 1. The summed E-state index contributed by atoms with van der Waals surface area (Å²) in [7, 11) is 0. The zero-order valence-electron chi connectivity index (χ0n) is 14.4. The van der Waals surface area contributed by atoms with Gasteiger partial charge in [0, 0.05) is 13.2 Å². The molecule has 1 aliphatic rings. The van der Waals surface area contributed by atoms with Gasteiger partial charge in [-0.3, -0.25) is 9.59 Å². The summed E-state index contributed by atoms with van der Waals surface area (Å²) in [5.41, 5.74) is -0.934. The summed E-state index contributed by atoms with van der Waals surface area (Å²) in [4.78, 5) is 23.3. The largest absolute Gasteiger partial charge is 0.481 e. The number of aliphatic carboxylic acids is 1. The van der Waals surface area contributed by atoms with E-state index in [2.05, 4.69) is 10.1 Å². The average molecular weight is 391 g/mol. The minimum absolute atomic E-state index is 0.0174. The van der Waals surface area contributed by atoms with Crippen LogP contribution in [0.1, 0.15) is 19.3 Å². The molecule has 10 heteroatoms. The van der Waals surface area contributed by atoms with Crippen LogP contribution in [0.4, 0.5) is 13.2 Å². The van der Waals surface area contributed by atoms with Gasteiger partial charge in [-0.2, -0.15) is 13.2 Å². The summed E-state index contributed by atoms with van der Waals surface area (Å²) >= 11 is 0. The Labute approximate surface area is 153 Å². The van der Waals surface area contributed by atoms with Crippen LogP contribution in [0.15, 0.2) is 24.3 Å². The lowest BCUT2D eigenvalue weighted by Crippen LogP contribution is -2.54. The van der Waals surface area contributed by atoms with Crippen LogP contribution in [0.2, 0.25) is 0 Å². The number of para-hydroxylation sites is 2. The highest BCUT2D eigenvalue weighted by Gasteiger charge is 2.36. The van der Waals surface area contributed by atoms with Gasteiger partial charge < -0.3 is 24.6 Å². The maximum atomic E-state index is 12.3. The number of amides is 1. The SMILES string of the molecule is O=C(O)CC1(NC(=O)COc2ccccc2OCC(F)(F)F)CCOCC1. The van der Waals surface area contributed by atoms with Crippen molar-refractivity contribution in [3.8, 4) is 11.5 Å². The Morgan fingerprint density at radius 3 is 2.30 bits per heavy atom. The standard InChI is InChI=1S/C17H20F3NO6/c18-17(19,20)11-27-13-4-2-1-3-12(13)26-10-14(22)21-16(9-15(23)24)5-7-25-8-6-16/h1-4H,5-11H2,(H,21,22)(H,23,24). The summed E-state index contributed by atoms with van der Waals surface area (Å²) in [5, 5.41) is 11.7. The van der Waals surface area contributed by atoms with Crippen molar-refractivity contribution in [2.24, 2.45) is 0 Å². The van der Waals surface area contributed by atoms with Gasteiger partial charge >= 0.3 is 12.1 Å². The van der Waals surface area contributed by atoms with Crippen LogP contribution in [0.3, 0.4) is 0 Å². The molecule has 7 nitrogen and oxygen atoms in total. The Bertz CT molecular complexity index is 658. The van der Waals surface area contributed by atoms with E-state index in [4.69, 9.17) is 14.6 Å². The molecule has 150 valence electrons. The van der Waals surface area contributed by atoms with Crippen molar-refractivity contribution in [1.29, 1.82) is 0 Å². The van der Waals surface area contributed by atoms with Gasteiger partial charge in [0.1, 0.15) is 0 Å². The molecular weight excluding hydrogens is 371 g/mol. The Morgan fingerprint density at radius 2 is 1.74 bits per heavy atom. The number of carboxylic acid groups (broad SMARTS) is 1. The summed E-state index contributed by atoms with van der Waals surface area (Å²) in [6, 6.07) is 5.67. The number of rotatable bonds is 8. The fourth-order valence-electron chi connectivity index (χ4n) is 2.72. The molecule has 1 amide bonds. The van der Waals surface area contributed by atoms with E-state index in [9.17, 15) is 22.8 Å². The van der Waals surface area contributed by atoms with E-state index in [1.807, 2.05) is 0 Å². The lowest BCUT2D eigenvalue weighted by molar-refractivity contribution is -0.153.